The molecule has 2 fully saturated rings. The number of carbonyl (C=O) groups excluding carboxylic acids is 1. The van der Waals surface area contributed by atoms with Crippen molar-refractivity contribution in [2.24, 2.45) is 5.92 Å². The van der Waals surface area contributed by atoms with E-state index in [-0.39, 0.29) is 5.92 Å². The molecule has 2 aromatic rings. The van der Waals surface area contributed by atoms with E-state index in [1.807, 2.05) is 17.2 Å². The van der Waals surface area contributed by atoms with Crippen molar-refractivity contribution in [3.8, 4) is 0 Å². The van der Waals surface area contributed by atoms with E-state index in [1.54, 1.807) is 0 Å². The highest BCUT2D eigenvalue weighted by Crippen LogP contribution is 2.23. The van der Waals surface area contributed by atoms with Gasteiger partial charge in [0, 0.05) is 37.1 Å². The third kappa shape index (κ3) is 3.67. The van der Waals surface area contributed by atoms with Crippen LogP contribution < -0.4 is 0 Å². The second-order valence-corrected chi connectivity index (χ2v) is 6.98. The van der Waals surface area contributed by atoms with Gasteiger partial charge in [0.2, 0.25) is 5.91 Å². The minimum absolute atomic E-state index is 0.181. The number of carbonyl (C=O) groups is 1. The Bertz CT molecular complexity index is 729. The molecular formula is C20H25N3O2. The first-order valence-electron chi connectivity index (χ1n) is 9.23. The summed E-state index contributed by atoms with van der Waals surface area (Å²) in [6.07, 6.45) is 3.77. The quantitative estimate of drug-likeness (QED) is 0.861. The summed E-state index contributed by atoms with van der Waals surface area (Å²) in [4.78, 5) is 21.6. The van der Waals surface area contributed by atoms with Crippen molar-refractivity contribution >= 4 is 16.8 Å². The smallest absolute Gasteiger partial charge is 0.225 e. The van der Waals surface area contributed by atoms with Gasteiger partial charge < -0.3 is 9.64 Å². The molecule has 2 saturated heterocycles. The van der Waals surface area contributed by atoms with Crippen LogP contribution in [-0.4, -0.2) is 60.1 Å². The van der Waals surface area contributed by atoms with E-state index < -0.39 is 0 Å². The molecule has 1 aromatic heterocycles. The Balaban J connectivity index is 1.36. The zero-order valence-electron chi connectivity index (χ0n) is 14.6. The largest absolute Gasteiger partial charge is 0.378 e. The van der Waals surface area contributed by atoms with Crippen LogP contribution in [0.1, 0.15) is 18.4 Å². The molecule has 0 spiro atoms. The number of nitrogens with zero attached hydrogens (tertiary/aromatic N) is 3. The molecule has 5 heteroatoms. The molecule has 2 aliphatic rings. The molecule has 132 valence electrons. The van der Waals surface area contributed by atoms with Crippen molar-refractivity contribution in [2.45, 2.75) is 19.4 Å². The molecule has 4 rings (SSSR count). The molecule has 0 N–H and O–H groups in total. The lowest BCUT2D eigenvalue weighted by Crippen LogP contribution is -2.46. The molecule has 0 radical (unpaired) electrons. The van der Waals surface area contributed by atoms with Crippen LogP contribution in [0, 0.1) is 5.92 Å². The van der Waals surface area contributed by atoms with Gasteiger partial charge in [0.25, 0.3) is 0 Å². The van der Waals surface area contributed by atoms with Crippen LogP contribution in [0.5, 0.6) is 0 Å². The molecule has 5 nitrogen and oxygen atoms in total. The van der Waals surface area contributed by atoms with E-state index >= 15 is 0 Å². The molecule has 1 amide bonds. The van der Waals surface area contributed by atoms with E-state index in [0.29, 0.717) is 19.1 Å². The topological polar surface area (TPSA) is 45.7 Å². The first-order valence-corrected chi connectivity index (χ1v) is 9.23. The Hall–Kier alpha value is -1.98. The van der Waals surface area contributed by atoms with Crippen LogP contribution in [0.3, 0.4) is 0 Å². The van der Waals surface area contributed by atoms with Crippen molar-refractivity contribution in [2.75, 3.05) is 39.4 Å². The summed E-state index contributed by atoms with van der Waals surface area (Å²) in [5.74, 6) is 0.509. The van der Waals surface area contributed by atoms with Crippen LogP contribution in [0.4, 0.5) is 0 Å². The third-order valence-electron chi connectivity index (χ3n) is 5.37. The number of piperidine rings is 1. The number of para-hydroxylation sites is 1. The van der Waals surface area contributed by atoms with Gasteiger partial charge >= 0.3 is 0 Å². The van der Waals surface area contributed by atoms with Gasteiger partial charge in [0.05, 0.1) is 18.7 Å². The molecule has 25 heavy (non-hydrogen) atoms. The van der Waals surface area contributed by atoms with E-state index in [9.17, 15) is 4.79 Å². The predicted molar refractivity (Wildman–Crippen MR) is 97.1 cm³/mol. The van der Waals surface area contributed by atoms with Crippen LogP contribution in [-0.2, 0) is 16.1 Å². The monoisotopic (exact) mass is 339 g/mol. The minimum atomic E-state index is 0.181. The molecule has 0 bridgehead atoms. The summed E-state index contributed by atoms with van der Waals surface area (Å²) in [6.45, 7) is 5.72. The van der Waals surface area contributed by atoms with Crippen molar-refractivity contribution < 1.29 is 9.53 Å². The van der Waals surface area contributed by atoms with E-state index in [4.69, 9.17) is 4.74 Å². The van der Waals surface area contributed by atoms with Gasteiger partial charge in [0.1, 0.15) is 0 Å². The summed E-state index contributed by atoms with van der Waals surface area (Å²) in [7, 11) is 0. The average Bonchev–Trinajstić information content (AvgIpc) is 2.69. The number of fused-ring (bicyclic) bond motifs is 1. The maximum absolute atomic E-state index is 12.6. The van der Waals surface area contributed by atoms with Gasteiger partial charge in [-0.25, -0.2) is 0 Å². The number of pyridine rings is 1. The summed E-state index contributed by atoms with van der Waals surface area (Å²) in [5.41, 5.74) is 2.37. The predicted octanol–water partition coefficient (Wildman–Crippen LogP) is 2.31. The maximum atomic E-state index is 12.6. The third-order valence-corrected chi connectivity index (χ3v) is 5.37. The molecule has 0 saturated carbocycles. The van der Waals surface area contributed by atoms with E-state index in [1.165, 1.54) is 10.9 Å². The summed E-state index contributed by atoms with van der Waals surface area (Å²) < 4.78 is 5.35. The first-order chi connectivity index (χ1) is 12.3. The van der Waals surface area contributed by atoms with Crippen molar-refractivity contribution in [1.82, 2.24) is 14.8 Å². The number of morpholine rings is 1. The Morgan fingerprint density at radius 2 is 1.84 bits per heavy atom. The fraction of sp³-hybridized carbons (Fsp3) is 0.500. The Labute approximate surface area is 148 Å². The number of benzene rings is 1. The van der Waals surface area contributed by atoms with Crippen molar-refractivity contribution in [1.29, 1.82) is 0 Å². The number of hydrogen-bond acceptors (Lipinski definition) is 4. The van der Waals surface area contributed by atoms with Gasteiger partial charge in [-0.3, -0.25) is 14.7 Å². The van der Waals surface area contributed by atoms with Crippen LogP contribution in [0.2, 0.25) is 0 Å². The van der Waals surface area contributed by atoms with Crippen molar-refractivity contribution in [3.05, 3.63) is 42.1 Å². The number of aromatic nitrogens is 1. The molecule has 2 aliphatic heterocycles. The van der Waals surface area contributed by atoms with Gasteiger partial charge in [0.15, 0.2) is 0 Å². The summed E-state index contributed by atoms with van der Waals surface area (Å²) >= 11 is 0. The standard InChI is InChI=1S/C20H25N3O2/c24-20(23-11-13-25-14-12-23)17-6-9-22(10-7-17)15-18-4-1-3-16-5-2-8-21-19(16)18/h1-5,8,17H,6-7,9-15H2. The summed E-state index contributed by atoms with van der Waals surface area (Å²) in [6, 6.07) is 10.5. The minimum Gasteiger partial charge on any atom is -0.378 e. The highest BCUT2D eigenvalue weighted by Gasteiger charge is 2.29. The molecule has 0 unspecified atom stereocenters. The van der Waals surface area contributed by atoms with Gasteiger partial charge in [-0.05, 0) is 37.6 Å². The molecule has 1 aromatic carbocycles. The fourth-order valence-electron chi connectivity index (χ4n) is 3.92. The normalized spacial score (nSPS) is 20.1. The van der Waals surface area contributed by atoms with Crippen LogP contribution in [0.25, 0.3) is 10.9 Å². The highest BCUT2D eigenvalue weighted by molar-refractivity contribution is 5.81. The Morgan fingerprint density at radius 1 is 1.08 bits per heavy atom. The van der Waals surface area contributed by atoms with E-state index in [0.717, 1.165) is 51.1 Å². The van der Waals surface area contributed by atoms with Crippen LogP contribution in [0.15, 0.2) is 36.5 Å². The number of hydrogen-bond donors (Lipinski definition) is 0. The average molecular weight is 339 g/mol. The molecular weight excluding hydrogens is 314 g/mol. The zero-order chi connectivity index (χ0) is 17.1. The second kappa shape index (κ2) is 7.50. The fourth-order valence-corrected chi connectivity index (χ4v) is 3.92. The molecule has 3 heterocycles. The van der Waals surface area contributed by atoms with Crippen molar-refractivity contribution in [3.63, 3.8) is 0 Å². The van der Waals surface area contributed by atoms with Gasteiger partial charge in [-0.15, -0.1) is 0 Å². The van der Waals surface area contributed by atoms with Gasteiger partial charge in [-0.1, -0.05) is 24.3 Å². The maximum Gasteiger partial charge on any atom is 0.225 e. The lowest BCUT2D eigenvalue weighted by atomic mass is 9.94. The Morgan fingerprint density at radius 3 is 2.64 bits per heavy atom. The number of likely N-dealkylation sites (tertiary alicyclic amines) is 1. The Kier molecular flexibility index (Phi) is 4.95. The highest BCUT2D eigenvalue weighted by atomic mass is 16.5. The lowest BCUT2D eigenvalue weighted by Gasteiger charge is -2.35. The molecule has 0 aliphatic carbocycles. The number of ether oxygens (including phenoxy) is 1. The summed E-state index contributed by atoms with van der Waals surface area (Å²) in [5, 5.41) is 1.19. The SMILES string of the molecule is O=C(C1CCN(Cc2cccc3cccnc23)CC1)N1CCOCC1. The number of rotatable bonds is 3. The van der Waals surface area contributed by atoms with E-state index in [2.05, 4.69) is 34.1 Å². The number of amides is 1. The lowest BCUT2D eigenvalue weighted by molar-refractivity contribution is -0.141. The first kappa shape index (κ1) is 16.5. The molecule has 0 atom stereocenters. The van der Waals surface area contributed by atoms with Gasteiger partial charge in [-0.2, -0.15) is 0 Å². The zero-order valence-corrected chi connectivity index (χ0v) is 14.6. The second-order valence-electron chi connectivity index (χ2n) is 6.98. The van der Waals surface area contributed by atoms with Crippen LogP contribution >= 0.6 is 0 Å².